The molecular formula is C14H25NO3. The summed E-state index contributed by atoms with van der Waals surface area (Å²) in [6.07, 6.45) is 3.10. The summed E-state index contributed by atoms with van der Waals surface area (Å²) < 4.78 is 0. The van der Waals surface area contributed by atoms with Gasteiger partial charge in [0.15, 0.2) is 0 Å². The predicted octanol–water partition coefficient (Wildman–Crippen LogP) is 2.38. The van der Waals surface area contributed by atoms with Crippen molar-refractivity contribution in [3.63, 3.8) is 0 Å². The van der Waals surface area contributed by atoms with Crippen LogP contribution in [0.1, 0.15) is 47.0 Å². The zero-order valence-corrected chi connectivity index (χ0v) is 11.9. The number of hydrogen-bond acceptors (Lipinski definition) is 2. The average molecular weight is 255 g/mol. The minimum atomic E-state index is -1.31. The maximum atomic E-state index is 12.2. The highest BCUT2D eigenvalue weighted by molar-refractivity contribution is 6.00. The number of likely N-dealkylation sites (tertiary alicyclic amines) is 1. The number of carboxylic acids is 1. The van der Waals surface area contributed by atoms with E-state index in [2.05, 4.69) is 13.8 Å². The van der Waals surface area contributed by atoms with Gasteiger partial charge in [-0.3, -0.25) is 9.59 Å². The second-order valence-electron chi connectivity index (χ2n) is 6.16. The SMILES string of the molecule is CC(C)C1CCCN(C(=O)C(C)(C)C(=O)O)CC1. The number of hydrogen-bond donors (Lipinski definition) is 1. The van der Waals surface area contributed by atoms with Crippen LogP contribution in [0, 0.1) is 17.3 Å². The van der Waals surface area contributed by atoms with Crippen molar-refractivity contribution < 1.29 is 14.7 Å². The molecule has 1 atom stereocenters. The topological polar surface area (TPSA) is 57.6 Å². The maximum absolute atomic E-state index is 12.2. The Labute approximate surface area is 109 Å². The van der Waals surface area contributed by atoms with Crippen LogP contribution in [-0.4, -0.2) is 35.0 Å². The summed E-state index contributed by atoms with van der Waals surface area (Å²) in [5.74, 6) is -0.0140. The summed E-state index contributed by atoms with van der Waals surface area (Å²) in [6.45, 7) is 8.79. The molecule has 0 radical (unpaired) electrons. The normalized spacial score (nSPS) is 21.8. The van der Waals surface area contributed by atoms with E-state index in [4.69, 9.17) is 5.11 Å². The molecule has 4 nitrogen and oxygen atoms in total. The van der Waals surface area contributed by atoms with Gasteiger partial charge in [0.25, 0.3) is 0 Å². The molecule has 1 fully saturated rings. The summed E-state index contributed by atoms with van der Waals surface area (Å²) in [7, 11) is 0. The van der Waals surface area contributed by atoms with Gasteiger partial charge in [-0.05, 0) is 44.9 Å². The maximum Gasteiger partial charge on any atom is 0.318 e. The molecule has 0 aromatic carbocycles. The molecule has 1 N–H and O–H groups in total. The molecule has 1 aliphatic heterocycles. The van der Waals surface area contributed by atoms with Crippen molar-refractivity contribution >= 4 is 11.9 Å². The lowest BCUT2D eigenvalue weighted by Gasteiger charge is -2.28. The van der Waals surface area contributed by atoms with Crippen LogP contribution in [0.3, 0.4) is 0 Å². The minimum Gasteiger partial charge on any atom is -0.480 e. The highest BCUT2D eigenvalue weighted by Gasteiger charge is 2.39. The van der Waals surface area contributed by atoms with Gasteiger partial charge in [0.2, 0.25) is 5.91 Å². The van der Waals surface area contributed by atoms with Gasteiger partial charge in [-0.25, -0.2) is 0 Å². The first-order valence-electron chi connectivity index (χ1n) is 6.79. The van der Waals surface area contributed by atoms with E-state index in [9.17, 15) is 9.59 Å². The Hall–Kier alpha value is -1.06. The number of aliphatic carboxylic acids is 1. The molecule has 1 heterocycles. The van der Waals surface area contributed by atoms with Gasteiger partial charge in [-0.2, -0.15) is 0 Å². The number of carbonyl (C=O) groups excluding carboxylic acids is 1. The monoisotopic (exact) mass is 255 g/mol. The van der Waals surface area contributed by atoms with Gasteiger partial charge >= 0.3 is 5.97 Å². The summed E-state index contributed by atoms with van der Waals surface area (Å²) in [4.78, 5) is 25.1. The van der Waals surface area contributed by atoms with Gasteiger partial charge in [-0.15, -0.1) is 0 Å². The van der Waals surface area contributed by atoms with Gasteiger partial charge in [0.05, 0.1) is 0 Å². The van der Waals surface area contributed by atoms with Crippen LogP contribution >= 0.6 is 0 Å². The zero-order chi connectivity index (χ0) is 13.9. The van der Waals surface area contributed by atoms with Crippen LogP contribution in [0.4, 0.5) is 0 Å². The molecule has 4 heteroatoms. The lowest BCUT2D eigenvalue weighted by Crippen LogP contribution is -2.45. The molecule has 0 aliphatic carbocycles. The smallest absolute Gasteiger partial charge is 0.318 e. The summed E-state index contributed by atoms with van der Waals surface area (Å²) in [5, 5.41) is 9.11. The van der Waals surface area contributed by atoms with Gasteiger partial charge in [0, 0.05) is 13.1 Å². The van der Waals surface area contributed by atoms with Crippen LogP contribution in [0.2, 0.25) is 0 Å². The Balaban J connectivity index is 2.69. The van der Waals surface area contributed by atoms with E-state index in [-0.39, 0.29) is 5.91 Å². The molecule has 1 rings (SSSR count). The number of carbonyl (C=O) groups is 2. The molecule has 0 aromatic heterocycles. The third-order valence-electron chi connectivity index (χ3n) is 4.07. The number of carboxylic acid groups (broad SMARTS) is 1. The number of nitrogens with zero attached hydrogens (tertiary/aromatic N) is 1. The first-order valence-corrected chi connectivity index (χ1v) is 6.79. The lowest BCUT2D eigenvalue weighted by molar-refractivity contribution is -0.158. The Morgan fingerprint density at radius 3 is 2.33 bits per heavy atom. The second-order valence-corrected chi connectivity index (χ2v) is 6.16. The molecule has 0 bridgehead atoms. The zero-order valence-electron chi connectivity index (χ0n) is 11.9. The van der Waals surface area contributed by atoms with Gasteiger partial charge in [-0.1, -0.05) is 13.8 Å². The van der Waals surface area contributed by atoms with Crippen LogP contribution in [0.5, 0.6) is 0 Å². The molecule has 0 spiro atoms. The van der Waals surface area contributed by atoms with Gasteiger partial charge in [0.1, 0.15) is 5.41 Å². The third-order valence-corrected chi connectivity index (χ3v) is 4.07. The summed E-state index contributed by atoms with van der Waals surface area (Å²) in [6, 6.07) is 0. The van der Waals surface area contributed by atoms with Gasteiger partial charge < -0.3 is 10.0 Å². The van der Waals surface area contributed by atoms with E-state index in [1.54, 1.807) is 4.90 Å². The molecule has 0 aromatic rings. The van der Waals surface area contributed by atoms with Crippen LogP contribution in [-0.2, 0) is 9.59 Å². The largest absolute Gasteiger partial charge is 0.480 e. The fourth-order valence-corrected chi connectivity index (χ4v) is 2.48. The highest BCUT2D eigenvalue weighted by atomic mass is 16.4. The van der Waals surface area contributed by atoms with E-state index in [1.165, 1.54) is 13.8 Å². The molecule has 18 heavy (non-hydrogen) atoms. The molecule has 1 aliphatic rings. The summed E-state index contributed by atoms with van der Waals surface area (Å²) >= 11 is 0. The lowest BCUT2D eigenvalue weighted by atomic mass is 9.89. The van der Waals surface area contributed by atoms with E-state index < -0.39 is 11.4 Å². The van der Waals surface area contributed by atoms with E-state index in [0.717, 1.165) is 19.3 Å². The summed E-state index contributed by atoms with van der Waals surface area (Å²) in [5.41, 5.74) is -1.31. The minimum absolute atomic E-state index is 0.251. The average Bonchev–Trinajstić information content (AvgIpc) is 2.52. The van der Waals surface area contributed by atoms with Crippen LogP contribution < -0.4 is 0 Å². The van der Waals surface area contributed by atoms with E-state index in [1.807, 2.05) is 0 Å². The van der Waals surface area contributed by atoms with Crippen molar-refractivity contribution in [2.45, 2.75) is 47.0 Å². The third kappa shape index (κ3) is 3.24. The Morgan fingerprint density at radius 2 is 1.83 bits per heavy atom. The van der Waals surface area contributed by atoms with Crippen molar-refractivity contribution in [1.82, 2.24) is 4.90 Å². The standard InChI is InChI=1S/C14H25NO3/c1-10(2)11-6-5-8-15(9-7-11)12(16)14(3,4)13(17)18/h10-11H,5-9H2,1-4H3,(H,17,18). The fraction of sp³-hybridized carbons (Fsp3) is 0.857. The number of amides is 1. The van der Waals surface area contributed by atoms with Crippen molar-refractivity contribution in [2.24, 2.45) is 17.3 Å². The Morgan fingerprint density at radius 1 is 1.22 bits per heavy atom. The fourth-order valence-electron chi connectivity index (χ4n) is 2.48. The quantitative estimate of drug-likeness (QED) is 0.788. The van der Waals surface area contributed by atoms with Crippen molar-refractivity contribution in [2.75, 3.05) is 13.1 Å². The first-order chi connectivity index (χ1) is 8.26. The molecule has 1 saturated heterocycles. The van der Waals surface area contributed by atoms with Crippen molar-refractivity contribution in [1.29, 1.82) is 0 Å². The van der Waals surface area contributed by atoms with Crippen molar-refractivity contribution in [3.8, 4) is 0 Å². The second kappa shape index (κ2) is 5.72. The Bertz CT molecular complexity index is 323. The van der Waals surface area contributed by atoms with Crippen molar-refractivity contribution in [3.05, 3.63) is 0 Å². The molecule has 0 saturated carbocycles. The van der Waals surface area contributed by atoms with E-state index in [0.29, 0.717) is 24.9 Å². The molecule has 1 amide bonds. The molecule has 1 unspecified atom stereocenters. The molecule has 104 valence electrons. The van der Waals surface area contributed by atoms with E-state index >= 15 is 0 Å². The highest BCUT2D eigenvalue weighted by Crippen LogP contribution is 2.27. The first kappa shape index (κ1) is 15.0. The van der Waals surface area contributed by atoms with Crippen LogP contribution in [0.15, 0.2) is 0 Å². The molecular weight excluding hydrogens is 230 g/mol. The predicted molar refractivity (Wildman–Crippen MR) is 70.2 cm³/mol. The Kier molecular flexibility index (Phi) is 4.77. The van der Waals surface area contributed by atoms with Crippen LogP contribution in [0.25, 0.3) is 0 Å². The number of rotatable bonds is 3.